The highest BCUT2D eigenvalue weighted by Gasteiger charge is 2.25. The molecule has 0 N–H and O–H groups in total. The molecule has 7 heteroatoms. The Morgan fingerprint density at radius 1 is 1.30 bits per heavy atom. The highest BCUT2D eigenvalue weighted by atomic mass is 32.1. The molecule has 1 aliphatic carbocycles. The van der Waals surface area contributed by atoms with E-state index in [1.54, 1.807) is 17.5 Å². The summed E-state index contributed by atoms with van der Waals surface area (Å²) in [7, 11) is 0. The zero-order chi connectivity index (χ0) is 18.4. The summed E-state index contributed by atoms with van der Waals surface area (Å²) in [6.45, 7) is 3.74. The Morgan fingerprint density at radius 3 is 2.93 bits per heavy atom. The van der Waals surface area contributed by atoms with Gasteiger partial charge in [-0.3, -0.25) is 4.68 Å². The Labute approximate surface area is 162 Å². The van der Waals surface area contributed by atoms with Gasteiger partial charge in [0.25, 0.3) is 0 Å². The van der Waals surface area contributed by atoms with Gasteiger partial charge in [-0.15, -0.1) is 11.3 Å². The van der Waals surface area contributed by atoms with Crippen molar-refractivity contribution < 1.29 is 0 Å². The van der Waals surface area contributed by atoms with Gasteiger partial charge in [0.1, 0.15) is 16.9 Å². The standard InChI is InChI=1S/C20H20N6S/c1-13-7-14(8-21)9-22-19(13)25-6-5-17-18(12-25)27-20(24-17)15-10-23-26(11-15)16-3-2-4-16/h7,9-11,16H,2-6,12H2,1H3. The fourth-order valence-corrected chi connectivity index (χ4v) is 4.86. The second kappa shape index (κ2) is 6.46. The molecule has 1 saturated carbocycles. The summed E-state index contributed by atoms with van der Waals surface area (Å²) in [6, 6.07) is 4.64. The van der Waals surface area contributed by atoms with Gasteiger partial charge in [0.05, 0.1) is 30.0 Å². The number of thiazole rings is 1. The molecule has 0 bridgehead atoms. The SMILES string of the molecule is Cc1cc(C#N)cnc1N1CCc2nc(-c3cnn(C4CCC4)c3)sc2C1. The third-order valence-corrected chi connectivity index (χ3v) is 6.64. The zero-order valence-electron chi connectivity index (χ0n) is 15.2. The van der Waals surface area contributed by atoms with Crippen LogP contribution in [0.2, 0.25) is 0 Å². The van der Waals surface area contributed by atoms with Gasteiger partial charge >= 0.3 is 0 Å². The normalized spacial score (nSPS) is 16.7. The third-order valence-electron chi connectivity index (χ3n) is 5.51. The minimum absolute atomic E-state index is 0.578. The molecule has 5 rings (SSSR count). The number of nitrogens with zero attached hydrogens (tertiary/aromatic N) is 6. The summed E-state index contributed by atoms with van der Waals surface area (Å²) < 4.78 is 2.11. The first-order valence-corrected chi connectivity index (χ1v) is 10.2. The number of fused-ring (bicyclic) bond motifs is 1. The maximum Gasteiger partial charge on any atom is 0.131 e. The molecule has 0 saturated heterocycles. The van der Waals surface area contributed by atoms with Crippen molar-refractivity contribution in [3.05, 3.63) is 46.4 Å². The van der Waals surface area contributed by atoms with Crippen LogP contribution in [0.4, 0.5) is 5.82 Å². The first kappa shape index (κ1) is 16.5. The van der Waals surface area contributed by atoms with Crippen LogP contribution < -0.4 is 4.90 Å². The lowest BCUT2D eigenvalue weighted by atomic mass is 9.93. The first-order valence-electron chi connectivity index (χ1n) is 9.36. The molecule has 136 valence electrons. The van der Waals surface area contributed by atoms with Crippen LogP contribution in [-0.2, 0) is 13.0 Å². The van der Waals surface area contributed by atoms with E-state index in [0.717, 1.165) is 41.5 Å². The van der Waals surface area contributed by atoms with Gasteiger partial charge in [0, 0.05) is 35.8 Å². The Balaban J connectivity index is 1.39. The van der Waals surface area contributed by atoms with Crippen LogP contribution in [0, 0.1) is 18.3 Å². The molecule has 0 amide bonds. The number of aromatic nitrogens is 4. The van der Waals surface area contributed by atoms with Gasteiger partial charge in [-0.05, 0) is 37.8 Å². The van der Waals surface area contributed by atoms with E-state index in [0.29, 0.717) is 11.6 Å². The maximum atomic E-state index is 9.04. The summed E-state index contributed by atoms with van der Waals surface area (Å²) in [5.74, 6) is 0.965. The predicted molar refractivity (Wildman–Crippen MR) is 105 cm³/mol. The van der Waals surface area contributed by atoms with E-state index in [2.05, 4.69) is 31.9 Å². The number of aryl methyl sites for hydroxylation is 1. The van der Waals surface area contributed by atoms with Crippen LogP contribution in [-0.4, -0.2) is 26.3 Å². The molecular weight excluding hydrogens is 356 g/mol. The Hall–Kier alpha value is -2.72. The highest BCUT2D eigenvalue weighted by molar-refractivity contribution is 7.15. The molecule has 3 aromatic heterocycles. The summed E-state index contributed by atoms with van der Waals surface area (Å²) in [5.41, 5.74) is 3.98. The van der Waals surface area contributed by atoms with Crippen molar-refractivity contribution in [1.29, 1.82) is 5.26 Å². The molecule has 0 radical (unpaired) electrons. The van der Waals surface area contributed by atoms with E-state index < -0.39 is 0 Å². The van der Waals surface area contributed by atoms with Gasteiger partial charge in [0.2, 0.25) is 0 Å². The number of pyridine rings is 1. The van der Waals surface area contributed by atoms with Crippen molar-refractivity contribution in [3.8, 4) is 16.6 Å². The van der Waals surface area contributed by atoms with Gasteiger partial charge in [0.15, 0.2) is 0 Å². The molecular formula is C20H20N6S. The average Bonchev–Trinajstić information content (AvgIpc) is 3.26. The maximum absolute atomic E-state index is 9.04. The molecule has 0 atom stereocenters. The number of hydrogen-bond donors (Lipinski definition) is 0. The second-order valence-corrected chi connectivity index (χ2v) is 8.41. The molecule has 2 aliphatic rings. The molecule has 1 aliphatic heterocycles. The molecule has 0 unspecified atom stereocenters. The van der Waals surface area contributed by atoms with Crippen LogP contribution in [0.5, 0.6) is 0 Å². The molecule has 3 aromatic rings. The smallest absolute Gasteiger partial charge is 0.131 e. The number of anilines is 1. The number of rotatable bonds is 3. The number of hydrogen-bond acceptors (Lipinski definition) is 6. The zero-order valence-corrected chi connectivity index (χ0v) is 16.0. The van der Waals surface area contributed by atoms with Crippen LogP contribution in [0.15, 0.2) is 24.7 Å². The quantitative estimate of drug-likeness (QED) is 0.694. The van der Waals surface area contributed by atoms with Crippen molar-refractivity contribution in [2.75, 3.05) is 11.4 Å². The lowest BCUT2D eigenvalue weighted by molar-refractivity contribution is 0.289. The van der Waals surface area contributed by atoms with Gasteiger partial charge in [-0.1, -0.05) is 0 Å². The molecule has 6 nitrogen and oxygen atoms in total. The summed E-state index contributed by atoms with van der Waals surface area (Å²) in [5, 5.41) is 14.7. The fourth-order valence-electron chi connectivity index (χ4n) is 3.76. The summed E-state index contributed by atoms with van der Waals surface area (Å²) in [4.78, 5) is 13.0. The van der Waals surface area contributed by atoms with Crippen LogP contribution >= 0.6 is 11.3 Å². The largest absolute Gasteiger partial charge is 0.351 e. The second-order valence-electron chi connectivity index (χ2n) is 7.33. The molecule has 0 spiro atoms. The monoisotopic (exact) mass is 376 g/mol. The summed E-state index contributed by atoms with van der Waals surface area (Å²) >= 11 is 1.76. The van der Waals surface area contributed by atoms with E-state index in [4.69, 9.17) is 10.2 Å². The molecule has 1 fully saturated rings. The fraction of sp³-hybridized carbons (Fsp3) is 0.400. The Bertz CT molecular complexity index is 1040. The minimum Gasteiger partial charge on any atom is -0.351 e. The Morgan fingerprint density at radius 2 is 2.19 bits per heavy atom. The predicted octanol–water partition coefficient (Wildman–Crippen LogP) is 3.87. The molecule has 0 aromatic carbocycles. The summed E-state index contributed by atoms with van der Waals surface area (Å²) in [6.07, 6.45) is 10.5. The Kier molecular flexibility index (Phi) is 3.94. The van der Waals surface area contributed by atoms with Crippen LogP contribution in [0.25, 0.3) is 10.6 Å². The van der Waals surface area contributed by atoms with Crippen LogP contribution in [0.1, 0.15) is 47.0 Å². The van der Waals surface area contributed by atoms with Crippen molar-refractivity contribution in [2.45, 2.75) is 45.2 Å². The van der Waals surface area contributed by atoms with E-state index >= 15 is 0 Å². The van der Waals surface area contributed by atoms with E-state index in [1.165, 1.54) is 29.8 Å². The lowest BCUT2D eigenvalue weighted by Gasteiger charge is -2.28. The minimum atomic E-state index is 0.578. The van der Waals surface area contributed by atoms with Crippen LogP contribution in [0.3, 0.4) is 0 Å². The van der Waals surface area contributed by atoms with Crippen molar-refractivity contribution in [3.63, 3.8) is 0 Å². The van der Waals surface area contributed by atoms with Crippen molar-refractivity contribution in [2.24, 2.45) is 0 Å². The third kappa shape index (κ3) is 2.90. The molecule has 4 heterocycles. The number of nitriles is 1. The van der Waals surface area contributed by atoms with E-state index in [1.807, 2.05) is 19.2 Å². The highest BCUT2D eigenvalue weighted by Crippen LogP contribution is 2.35. The molecule has 27 heavy (non-hydrogen) atoms. The van der Waals surface area contributed by atoms with Crippen molar-refractivity contribution in [1.82, 2.24) is 19.7 Å². The van der Waals surface area contributed by atoms with Gasteiger partial charge < -0.3 is 4.90 Å². The average molecular weight is 376 g/mol. The van der Waals surface area contributed by atoms with Crippen molar-refractivity contribution >= 4 is 17.2 Å². The lowest BCUT2D eigenvalue weighted by Crippen LogP contribution is -2.31. The van der Waals surface area contributed by atoms with E-state index in [-0.39, 0.29) is 0 Å². The first-order chi connectivity index (χ1) is 13.2. The van der Waals surface area contributed by atoms with Gasteiger partial charge in [-0.25, -0.2) is 9.97 Å². The van der Waals surface area contributed by atoms with E-state index in [9.17, 15) is 0 Å². The van der Waals surface area contributed by atoms with Gasteiger partial charge in [-0.2, -0.15) is 10.4 Å². The topological polar surface area (TPSA) is 70.6 Å².